The molecule has 0 unspecified atom stereocenters. The number of carbonyl (C=O) groups excluding carboxylic acids is 4. The number of nitrogens with zero attached hydrogens (tertiary/aromatic N) is 3. The Bertz CT molecular complexity index is 1740. The van der Waals surface area contributed by atoms with Crippen molar-refractivity contribution in [3.05, 3.63) is 52.1 Å². The Hall–Kier alpha value is -5.83. The summed E-state index contributed by atoms with van der Waals surface area (Å²) in [5, 5.41) is 30.6. The first-order valence-electron chi connectivity index (χ1n) is 14.1. The van der Waals surface area contributed by atoms with Crippen LogP contribution in [0.1, 0.15) is 28.9 Å². The fraction of sp³-hybridized carbons (Fsp3) is 0.333. The maximum atomic E-state index is 12.7. The number of thiol groups is 1. The molecule has 0 radical (unpaired) electrons. The number of hydrogen-bond donors (Lipinski definition) is 11. The minimum atomic E-state index is -1.41. The number of fused-ring (bicyclic) bond motifs is 1. The van der Waals surface area contributed by atoms with Gasteiger partial charge in [0.05, 0.1) is 25.0 Å². The average Bonchev–Trinajstić information content (AvgIpc) is 3.05. The number of carbonyl (C=O) groups is 6. The number of anilines is 2. The number of nitrogen functional groups attached to an aromatic ring is 1. The molecule has 1 aromatic carbocycles. The molecule has 0 spiro atoms. The number of hydrogen-bond acceptors (Lipinski definition) is 14. The second-order valence-corrected chi connectivity index (χ2v) is 10.5. The number of nitrogens with two attached hydrogens (primary N) is 2. The molecule has 0 fully saturated rings. The van der Waals surface area contributed by atoms with Gasteiger partial charge >= 0.3 is 11.9 Å². The highest BCUT2D eigenvalue weighted by Gasteiger charge is 2.23. The largest absolute Gasteiger partial charge is 0.480 e. The highest BCUT2D eigenvalue weighted by Crippen LogP contribution is 2.12. The van der Waals surface area contributed by atoms with E-state index in [1.807, 2.05) is 0 Å². The van der Waals surface area contributed by atoms with Crippen LogP contribution in [0.15, 0.2) is 35.3 Å². The van der Waals surface area contributed by atoms with Crippen molar-refractivity contribution < 1.29 is 39.0 Å². The Morgan fingerprint density at radius 1 is 0.938 bits per heavy atom. The lowest BCUT2D eigenvalue weighted by Gasteiger charge is -2.16. The smallest absolute Gasteiger partial charge is 0.327 e. The Labute approximate surface area is 276 Å². The maximum Gasteiger partial charge on any atom is 0.327 e. The highest BCUT2D eigenvalue weighted by atomic mass is 32.1. The Balaban J connectivity index is 1.42. The molecule has 0 aliphatic rings. The van der Waals surface area contributed by atoms with E-state index in [-0.39, 0.29) is 54.4 Å². The molecule has 20 nitrogen and oxygen atoms in total. The summed E-state index contributed by atoms with van der Waals surface area (Å²) in [5.74, 6) is -5.85. The van der Waals surface area contributed by atoms with Gasteiger partial charge in [0.25, 0.3) is 11.5 Å². The molecule has 3 rings (SSSR count). The molecule has 0 bridgehead atoms. The summed E-state index contributed by atoms with van der Waals surface area (Å²) >= 11 is 3.81. The Kier molecular flexibility index (Phi) is 13.1. The zero-order valence-corrected chi connectivity index (χ0v) is 26.0. The molecule has 4 amide bonds. The monoisotopic (exact) mass is 687 g/mol. The third kappa shape index (κ3) is 10.9. The number of aliphatic carboxylic acids is 2. The standard InChI is InChI=1S/C27H33N11O9S/c28-15(23(42)33-10-19(40)35-17(11-48)26(46)47)9-31-18(39)6-5-16(25(44)45)36-22(41)12-1-3-13(4-2-12)30-7-14-8-32-21-20(34-14)24(43)38-27(29)37-21/h1-4,8,15-17,30,48H,5-7,9-11,28H2,(H,31,39)(H,33,42)(H,35,40)(H,36,41)(H,44,45)(H,46,47)(H3,29,32,37,38,43)/t15-,16-,17-/m0/s1. The first-order chi connectivity index (χ1) is 22.8. The number of carboxylic acids is 2. The molecule has 256 valence electrons. The average molecular weight is 688 g/mol. The predicted octanol–water partition coefficient (Wildman–Crippen LogP) is -3.07. The van der Waals surface area contributed by atoms with Gasteiger partial charge in [-0.1, -0.05) is 0 Å². The van der Waals surface area contributed by atoms with Gasteiger partial charge in [-0.05, 0) is 30.7 Å². The van der Waals surface area contributed by atoms with Crippen LogP contribution in [-0.2, 0) is 30.5 Å². The SMILES string of the molecule is Nc1nc2ncc(CNc3ccc(C(=O)N[C@@H](CCC(=O)NC[C@H](N)C(=O)NCC(=O)N[C@@H](CS)C(=O)O)C(=O)O)cc3)nc2c(=O)[nH]1. The molecule has 0 saturated heterocycles. The van der Waals surface area contributed by atoms with Crippen molar-refractivity contribution in [2.75, 3.05) is 29.9 Å². The maximum absolute atomic E-state index is 12.7. The second-order valence-electron chi connectivity index (χ2n) is 10.1. The van der Waals surface area contributed by atoms with E-state index >= 15 is 0 Å². The van der Waals surface area contributed by atoms with Gasteiger partial charge in [-0.15, -0.1) is 0 Å². The van der Waals surface area contributed by atoms with Crippen LogP contribution in [0.3, 0.4) is 0 Å². The minimum Gasteiger partial charge on any atom is -0.480 e. The fourth-order valence-corrected chi connectivity index (χ4v) is 4.14. The number of nitrogens with one attached hydrogen (secondary N) is 6. The Morgan fingerprint density at radius 3 is 2.27 bits per heavy atom. The summed E-state index contributed by atoms with van der Waals surface area (Å²) in [4.78, 5) is 98.1. The molecule has 21 heteroatoms. The van der Waals surface area contributed by atoms with Gasteiger partial charge in [0, 0.05) is 30.0 Å². The van der Waals surface area contributed by atoms with Crippen LogP contribution in [-0.4, -0.2) is 103 Å². The molecule has 0 aliphatic heterocycles. The van der Waals surface area contributed by atoms with Crippen LogP contribution in [0.25, 0.3) is 11.2 Å². The van der Waals surface area contributed by atoms with Crippen molar-refractivity contribution in [2.24, 2.45) is 5.73 Å². The first kappa shape index (κ1) is 36.6. The molecule has 3 atom stereocenters. The number of rotatable bonds is 17. The van der Waals surface area contributed by atoms with Gasteiger partial charge in [0.15, 0.2) is 11.2 Å². The fourth-order valence-electron chi connectivity index (χ4n) is 3.90. The van der Waals surface area contributed by atoms with Gasteiger partial charge in [0.1, 0.15) is 18.1 Å². The summed E-state index contributed by atoms with van der Waals surface area (Å²) in [7, 11) is 0. The summed E-state index contributed by atoms with van der Waals surface area (Å²) in [6, 6.07) is 2.12. The van der Waals surface area contributed by atoms with Crippen LogP contribution >= 0.6 is 12.6 Å². The summed E-state index contributed by atoms with van der Waals surface area (Å²) < 4.78 is 0. The topological polar surface area (TPSA) is 327 Å². The quantitative estimate of drug-likeness (QED) is 0.0627. The molecule has 3 aromatic rings. The van der Waals surface area contributed by atoms with E-state index in [4.69, 9.17) is 16.6 Å². The third-order valence-electron chi connectivity index (χ3n) is 6.47. The van der Waals surface area contributed by atoms with Crippen molar-refractivity contribution in [2.45, 2.75) is 37.5 Å². The van der Waals surface area contributed by atoms with E-state index in [0.717, 1.165) is 0 Å². The number of amides is 4. The summed E-state index contributed by atoms with van der Waals surface area (Å²) in [6.45, 7) is -0.723. The van der Waals surface area contributed by atoms with Gasteiger partial charge in [-0.25, -0.2) is 19.6 Å². The van der Waals surface area contributed by atoms with E-state index in [1.165, 1.54) is 18.3 Å². The number of carboxylic acid groups (broad SMARTS) is 2. The molecule has 0 aliphatic carbocycles. The number of aromatic amines is 1. The van der Waals surface area contributed by atoms with Crippen LogP contribution < -0.4 is 43.6 Å². The molecule has 48 heavy (non-hydrogen) atoms. The van der Waals surface area contributed by atoms with Crippen molar-refractivity contribution in [3.8, 4) is 0 Å². The molecule has 2 heterocycles. The van der Waals surface area contributed by atoms with Gasteiger partial charge in [-0.3, -0.25) is 29.0 Å². The second kappa shape index (κ2) is 17.2. The van der Waals surface area contributed by atoms with Crippen molar-refractivity contribution in [1.29, 1.82) is 0 Å². The zero-order chi connectivity index (χ0) is 35.4. The highest BCUT2D eigenvalue weighted by molar-refractivity contribution is 7.80. The molecule has 2 aromatic heterocycles. The summed E-state index contributed by atoms with van der Waals surface area (Å²) in [5.41, 5.74) is 12.0. The number of aromatic nitrogens is 4. The van der Waals surface area contributed by atoms with Crippen molar-refractivity contribution >= 4 is 71.0 Å². The van der Waals surface area contributed by atoms with Crippen LogP contribution in [0.5, 0.6) is 0 Å². The molecule has 12 N–H and O–H groups in total. The van der Waals surface area contributed by atoms with Crippen LogP contribution in [0.4, 0.5) is 11.6 Å². The van der Waals surface area contributed by atoms with Crippen LogP contribution in [0.2, 0.25) is 0 Å². The van der Waals surface area contributed by atoms with E-state index < -0.39 is 65.8 Å². The molecule has 0 saturated carbocycles. The zero-order valence-electron chi connectivity index (χ0n) is 25.1. The van der Waals surface area contributed by atoms with E-state index in [0.29, 0.717) is 11.4 Å². The molecular weight excluding hydrogens is 654 g/mol. The van der Waals surface area contributed by atoms with Gasteiger partial charge in [-0.2, -0.15) is 17.6 Å². The lowest BCUT2D eigenvalue weighted by molar-refractivity contribution is -0.141. The van der Waals surface area contributed by atoms with Gasteiger partial charge < -0.3 is 48.3 Å². The number of H-pyrrole nitrogens is 1. The van der Waals surface area contributed by atoms with E-state index in [2.05, 4.69) is 59.1 Å². The number of benzene rings is 1. The van der Waals surface area contributed by atoms with Crippen molar-refractivity contribution in [1.82, 2.24) is 41.2 Å². The minimum absolute atomic E-state index is 0.0232. The van der Waals surface area contributed by atoms with E-state index in [1.54, 1.807) is 12.1 Å². The van der Waals surface area contributed by atoms with E-state index in [9.17, 15) is 38.7 Å². The third-order valence-corrected chi connectivity index (χ3v) is 6.83. The molecular formula is C27H33N11O9S. The normalized spacial score (nSPS) is 12.6. The van der Waals surface area contributed by atoms with Crippen molar-refractivity contribution in [3.63, 3.8) is 0 Å². The summed E-state index contributed by atoms with van der Waals surface area (Å²) in [6.07, 6.45) is 0.822. The predicted molar refractivity (Wildman–Crippen MR) is 172 cm³/mol. The van der Waals surface area contributed by atoms with Gasteiger partial charge in [0.2, 0.25) is 23.7 Å². The lowest BCUT2D eigenvalue weighted by atomic mass is 10.1. The Morgan fingerprint density at radius 2 is 1.62 bits per heavy atom. The first-order valence-corrected chi connectivity index (χ1v) is 14.7. The lowest BCUT2D eigenvalue weighted by Crippen LogP contribution is -2.51. The van der Waals surface area contributed by atoms with Crippen LogP contribution in [0, 0.1) is 0 Å².